The average molecular weight is 306 g/mol. The van der Waals surface area contributed by atoms with Gasteiger partial charge in [0.15, 0.2) is 0 Å². The largest absolute Gasteiger partial charge is 0.423 e. The van der Waals surface area contributed by atoms with Crippen LogP contribution in [-0.4, -0.2) is 40.6 Å². The summed E-state index contributed by atoms with van der Waals surface area (Å²) in [4.78, 5) is 14.3. The number of nitrogens with one attached hydrogen (secondary N) is 1. The fraction of sp³-hybridized carbons (Fsp3) is 0.812. The standard InChI is InChI=1S/C16H26N4O2/c1-16(2,3)15(21)20-9-6-11(7-10-20)13-18-19-14(22-13)12-5-4-8-17-12/h11-12,17H,4-10H2,1-3H3. The number of rotatable bonds is 2. The lowest BCUT2D eigenvalue weighted by Gasteiger charge is -2.34. The van der Waals surface area contributed by atoms with E-state index in [1.165, 1.54) is 0 Å². The monoisotopic (exact) mass is 306 g/mol. The smallest absolute Gasteiger partial charge is 0.233 e. The molecule has 122 valence electrons. The lowest BCUT2D eigenvalue weighted by atomic mass is 9.91. The van der Waals surface area contributed by atoms with Gasteiger partial charge in [0.2, 0.25) is 17.7 Å². The second-order valence-electron chi connectivity index (χ2n) is 7.44. The first kappa shape index (κ1) is 15.5. The van der Waals surface area contributed by atoms with Gasteiger partial charge in [-0.1, -0.05) is 20.8 Å². The molecule has 0 radical (unpaired) electrons. The molecule has 2 fully saturated rings. The van der Waals surface area contributed by atoms with E-state index in [-0.39, 0.29) is 23.3 Å². The number of nitrogens with zero attached hydrogens (tertiary/aromatic N) is 3. The SMILES string of the molecule is CC(C)(C)C(=O)N1CCC(c2nnc(C3CCCN3)o2)CC1. The molecule has 22 heavy (non-hydrogen) atoms. The van der Waals surface area contributed by atoms with Gasteiger partial charge in [0.25, 0.3) is 0 Å². The van der Waals surface area contributed by atoms with Crippen molar-refractivity contribution in [1.29, 1.82) is 0 Å². The molecule has 2 aliphatic heterocycles. The molecule has 1 unspecified atom stereocenters. The minimum absolute atomic E-state index is 0.226. The normalized spacial score (nSPS) is 24.0. The molecule has 3 rings (SSSR count). The van der Waals surface area contributed by atoms with Crippen molar-refractivity contribution in [3.63, 3.8) is 0 Å². The first-order chi connectivity index (χ1) is 10.4. The van der Waals surface area contributed by atoms with Crippen LogP contribution < -0.4 is 5.32 Å². The Morgan fingerprint density at radius 2 is 1.86 bits per heavy atom. The van der Waals surface area contributed by atoms with Crippen molar-refractivity contribution in [3.05, 3.63) is 11.8 Å². The van der Waals surface area contributed by atoms with Crippen LogP contribution in [0.1, 0.15) is 70.2 Å². The van der Waals surface area contributed by atoms with Crippen LogP contribution in [0.2, 0.25) is 0 Å². The molecule has 2 saturated heterocycles. The summed E-state index contributed by atoms with van der Waals surface area (Å²) in [7, 11) is 0. The summed E-state index contributed by atoms with van der Waals surface area (Å²) in [5.41, 5.74) is -0.307. The zero-order valence-corrected chi connectivity index (χ0v) is 13.8. The van der Waals surface area contributed by atoms with Crippen LogP contribution in [0.3, 0.4) is 0 Å². The number of aromatic nitrogens is 2. The highest BCUT2D eigenvalue weighted by Crippen LogP contribution is 2.31. The molecule has 2 aliphatic rings. The fourth-order valence-electron chi connectivity index (χ4n) is 3.25. The van der Waals surface area contributed by atoms with E-state index in [2.05, 4.69) is 15.5 Å². The van der Waals surface area contributed by atoms with Gasteiger partial charge in [-0.05, 0) is 32.2 Å². The van der Waals surface area contributed by atoms with E-state index in [9.17, 15) is 4.79 Å². The number of carbonyl (C=O) groups excluding carboxylic acids is 1. The van der Waals surface area contributed by atoms with E-state index in [4.69, 9.17) is 4.42 Å². The second kappa shape index (κ2) is 5.99. The maximum atomic E-state index is 12.3. The number of carbonyl (C=O) groups is 1. The molecular formula is C16H26N4O2. The third kappa shape index (κ3) is 3.16. The van der Waals surface area contributed by atoms with Crippen LogP contribution in [0.5, 0.6) is 0 Å². The Balaban J connectivity index is 1.58. The predicted molar refractivity (Wildman–Crippen MR) is 82.3 cm³/mol. The molecule has 1 N–H and O–H groups in total. The first-order valence-corrected chi connectivity index (χ1v) is 8.31. The molecule has 0 saturated carbocycles. The predicted octanol–water partition coefficient (Wildman–Crippen LogP) is 2.25. The molecule has 1 aromatic heterocycles. The Bertz CT molecular complexity index is 520. The van der Waals surface area contributed by atoms with Crippen LogP contribution in [0, 0.1) is 5.41 Å². The summed E-state index contributed by atoms with van der Waals surface area (Å²) in [6.45, 7) is 8.50. The Hall–Kier alpha value is -1.43. The number of likely N-dealkylation sites (tertiary alicyclic amines) is 1. The van der Waals surface area contributed by atoms with E-state index in [0.29, 0.717) is 0 Å². The van der Waals surface area contributed by atoms with Gasteiger partial charge < -0.3 is 14.6 Å². The molecule has 0 aliphatic carbocycles. The van der Waals surface area contributed by atoms with Crippen molar-refractivity contribution < 1.29 is 9.21 Å². The van der Waals surface area contributed by atoms with Crippen LogP contribution in [-0.2, 0) is 4.79 Å². The molecule has 0 spiro atoms. The number of amides is 1. The third-order valence-corrected chi connectivity index (χ3v) is 4.59. The minimum atomic E-state index is -0.307. The lowest BCUT2D eigenvalue weighted by molar-refractivity contribution is -0.140. The third-order valence-electron chi connectivity index (χ3n) is 4.59. The van der Waals surface area contributed by atoms with Gasteiger partial charge in [-0.2, -0.15) is 0 Å². The molecule has 1 aromatic rings. The summed E-state index contributed by atoms with van der Waals surface area (Å²) >= 11 is 0. The Morgan fingerprint density at radius 3 is 2.45 bits per heavy atom. The van der Waals surface area contributed by atoms with Crippen LogP contribution in [0.4, 0.5) is 0 Å². The first-order valence-electron chi connectivity index (χ1n) is 8.31. The Labute approximate surface area is 131 Å². The Kier molecular flexibility index (Phi) is 4.21. The molecule has 0 aromatic carbocycles. The van der Waals surface area contributed by atoms with Crippen molar-refractivity contribution in [2.45, 2.75) is 58.4 Å². The second-order valence-corrected chi connectivity index (χ2v) is 7.44. The molecular weight excluding hydrogens is 280 g/mol. The van der Waals surface area contributed by atoms with Crippen molar-refractivity contribution in [1.82, 2.24) is 20.4 Å². The highest BCUT2D eigenvalue weighted by Gasteiger charge is 2.33. The molecule has 0 bridgehead atoms. The summed E-state index contributed by atoms with van der Waals surface area (Å²) in [6, 6.07) is 0.226. The van der Waals surface area contributed by atoms with E-state index in [1.807, 2.05) is 25.7 Å². The lowest BCUT2D eigenvalue weighted by Crippen LogP contribution is -2.43. The van der Waals surface area contributed by atoms with Crippen LogP contribution in [0.15, 0.2) is 4.42 Å². The van der Waals surface area contributed by atoms with E-state index >= 15 is 0 Å². The zero-order valence-electron chi connectivity index (χ0n) is 13.8. The molecule has 3 heterocycles. The molecule has 6 nitrogen and oxygen atoms in total. The van der Waals surface area contributed by atoms with Gasteiger partial charge in [0.1, 0.15) is 0 Å². The molecule has 1 atom stereocenters. The zero-order chi connectivity index (χ0) is 15.7. The van der Waals surface area contributed by atoms with Gasteiger partial charge >= 0.3 is 0 Å². The van der Waals surface area contributed by atoms with Crippen molar-refractivity contribution in [2.24, 2.45) is 5.41 Å². The maximum absolute atomic E-state index is 12.3. The quantitative estimate of drug-likeness (QED) is 0.907. The van der Waals surface area contributed by atoms with E-state index < -0.39 is 0 Å². The van der Waals surface area contributed by atoms with Gasteiger partial charge in [0, 0.05) is 24.4 Å². The minimum Gasteiger partial charge on any atom is -0.423 e. The molecule has 1 amide bonds. The summed E-state index contributed by atoms with van der Waals surface area (Å²) in [6.07, 6.45) is 4.04. The number of hydrogen-bond donors (Lipinski definition) is 1. The summed E-state index contributed by atoms with van der Waals surface area (Å²) in [5.74, 6) is 1.98. The highest BCUT2D eigenvalue weighted by molar-refractivity contribution is 5.81. The van der Waals surface area contributed by atoms with Crippen molar-refractivity contribution in [2.75, 3.05) is 19.6 Å². The van der Waals surface area contributed by atoms with Crippen molar-refractivity contribution in [3.8, 4) is 0 Å². The topological polar surface area (TPSA) is 71.3 Å². The Morgan fingerprint density at radius 1 is 1.18 bits per heavy atom. The van der Waals surface area contributed by atoms with Gasteiger partial charge in [0.05, 0.1) is 6.04 Å². The highest BCUT2D eigenvalue weighted by atomic mass is 16.4. The van der Waals surface area contributed by atoms with E-state index in [0.717, 1.165) is 57.1 Å². The average Bonchev–Trinajstić information content (AvgIpc) is 3.16. The van der Waals surface area contributed by atoms with Crippen LogP contribution in [0.25, 0.3) is 0 Å². The van der Waals surface area contributed by atoms with E-state index in [1.54, 1.807) is 0 Å². The van der Waals surface area contributed by atoms with Gasteiger partial charge in [-0.25, -0.2) is 0 Å². The molecule has 6 heteroatoms. The van der Waals surface area contributed by atoms with Gasteiger partial charge in [-0.3, -0.25) is 4.79 Å². The number of piperidine rings is 1. The summed E-state index contributed by atoms with van der Waals surface area (Å²) < 4.78 is 5.88. The number of hydrogen-bond acceptors (Lipinski definition) is 5. The van der Waals surface area contributed by atoms with Crippen LogP contribution >= 0.6 is 0 Å². The fourth-order valence-corrected chi connectivity index (χ4v) is 3.25. The summed E-state index contributed by atoms with van der Waals surface area (Å²) in [5, 5.41) is 11.8. The maximum Gasteiger partial charge on any atom is 0.233 e. The van der Waals surface area contributed by atoms with Crippen molar-refractivity contribution >= 4 is 5.91 Å². The van der Waals surface area contributed by atoms with Gasteiger partial charge in [-0.15, -0.1) is 10.2 Å².